The van der Waals surface area contributed by atoms with Crippen LogP contribution in [0, 0.1) is 17.2 Å². The van der Waals surface area contributed by atoms with E-state index in [1.807, 2.05) is 13.0 Å². The van der Waals surface area contributed by atoms with Crippen LogP contribution in [0.1, 0.15) is 43.1 Å². The number of benzene rings is 2. The first-order chi connectivity index (χ1) is 20.2. The molecule has 14 heteroatoms. The highest BCUT2D eigenvalue weighted by atomic mass is 19.4. The number of nitrogens with zero attached hydrogens (tertiary/aromatic N) is 6. The molecule has 2 aromatic carbocycles. The van der Waals surface area contributed by atoms with Gasteiger partial charge in [0.1, 0.15) is 23.2 Å². The summed E-state index contributed by atoms with van der Waals surface area (Å²) in [7, 11) is 3.42. The molecular weight excluding hydrogens is 576 g/mol. The number of halogens is 6. The number of hydrogen-bond donors (Lipinski definition) is 1. The first-order valence-electron chi connectivity index (χ1n) is 13.4. The van der Waals surface area contributed by atoms with E-state index in [-0.39, 0.29) is 46.8 Å². The molecule has 1 atom stereocenters. The number of aromatic nitrogens is 4. The van der Waals surface area contributed by atoms with Crippen LogP contribution in [0.25, 0.3) is 22.6 Å². The van der Waals surface area contributed by atoms with Crippen molar-refractivity contribution < 1.29 is 31.1 Å². The monoisotopic (exact) mass is 603 g/mol. The molecule has 5 rings (SSSR count). The maximum absolute atomic E-state index is 13.5. The van der Waals surface area contributed by atoms with Gasteiger partial charge in [0.15, 0.2) is 11.5 Å². The molecule has 0 saturated heterocycles. The lowest BCUT2D eigenvalue weighted by molar-refractivity contribution is -0.274. The van der Waals surface area contributed by atoms with E-state index in [2.05, 4.69) is 25.0 Å². The van der Waals surface area contributed by atoms with E-state index in [0.717, 1.165) is 31.4 Å². The average molecular weight is 604 g/mol. The molecule has 8 nitrogen and oxygen atoms in total. The smallest absolute Gasteiger partial charge is 0.405 e. The summed E-state index contributed by atoms with van der Waals surface area (Å²) in [5.74, 6) is -0.136. The highest BCUT2D eigenvalue weighted by Gasteiger charge is 2.34. The summed E-state index contributed by atoms with van der Waals surface area (Å²) < 4.78 is 86.1. The van der Waals surface area contributed by atoms with Gasteiger partial charge >= 0.3 is 12.5 Å². The fourth-order valence-corrected chi connectivity index (χ4v) is 4.99. The zero-order chi connectivity index (χ0) is 31.1. The van der Waals surface area contributed by atoms with Crippen LogP contribution in [0.5, 0.6) is 5.75 Å². The predicted octanol–water partition coefficient (Wildman–Crippen LogP) is 7.00. The Morgan fingerprint density at radius 3 is 2.30 bits per heavy atom. The first kappa shape index (κ1) is 29.9. The highest BCUT2D eigenvalue weighted by molar-refractivity contribution is 5.88. The Balaban J connectivity index is 1.75. The fraction of sp³-hybridized carbons (Fsp3) is 0.379. The second-order valence-corrected chi connectivity index (χ2v) is 10.6. The van der Waals surface area contributed by atoms with Gasteiger partial charge in [0.05, 0.1) is 11.1 Å². The summed E-state index contributed by atoms with van der Waals surface area (Å²) in [6.07, 6.45) is -6.48. The van der Waals surface area contributed by atoms with Gasteiger partial charge in [-0.15, -0.1) is 13.2 Å². The second-order valence-electron chi connectivity index (χ2n) is 10.6. The van der Waals surface area contributed by atoms with E-state index in [1.165, 1.54) is 34.9 Å². The Morgan fingerprint density at radius 2 is 1.74 bits per heavy atom. The molecular formula is C29H27F6N7O. The maximum atomic E-state index is 13.5. The van der Waals surface area contributed by atoms with Gasteiger partial charge < -0.3 is 19.5 Å². The Labute approximate surface area is 242 Å². The van der Waals surface area contributed by atoms with Crippen molar-refractivity contribution in [2.75, 3.05) is 24.3 Å². The third-order valence-electron chi connectivity index (χ3n) is 7.49. The normalized spacial score (nSPS) is 14.7. The molecule has 1 aliphatic rings. The lowest BCUT2D eigenvalue weighted by Crippen LogP contribution is -2.31. The molecule has 2 aromatic heterocycles. The van der Waals surface area contributed by atoms with Crippen LogP contribution in [0.4, 0.5) is 37.8 Å². The van der Waals surface area contributed by atoms with Crippen LogP contribution in [0.15, 0.2) is 42.5 Å². The molecule has 0 bridgehead atoms. The average Bonchev–Trinajstić information content (AvgIpc) is 3.24. The molecule has 2 heterocycles. The first-order valence-corrected chi connectivity index (χ1v) is 13.4. The second kappa shape index (κ2) is 11.3. The Bertz CT molecular complexity index is 1670. The van der Waals surface area contributed by atoms with Crippen molar-refractivity contribution in [2.24, 2.45) is 5.92 Å². The summed E-state index contributed by atoms with van der Waals surface area (Å²) in [5.41, 5.74) is 0.393. The van der Waals surface area contributed by atoms with Gasteiger partial charge in [-0.2, -0.15) is 28.4 Å². The molecule has 0 spiro atoms. The zero-order valence-corrected chi connectivity index (χ0v) is 23.4. The van der Waals surface area contributed by atoms with Gasteiger partial charge in [-0.05, 0) is 61.6 Å². The van der Waals surface area contributed by atoms with Crippen molar-refractivity contribution in [2.45, 2.75) is 51.3 Å². The van der Waals surface area contributed by atoms with Gasteiger partial charge in [0.25, 0.3) is 0 Å². The molecule has 0 aliphatic heterocycles. The standard InChI is InChI=1S/C29H27F6N7O/c1-16(18-5-4-6-18)37-25-24-26(39-23(14-36)38-25)40-27(42(24)15-17-7-9-19(10-8-17)28(30,31)32)21-13-20(41(2)3)11-12-22(21)43-29(33,34)35/h7-13,16,18H,4-6,15H2,1-3H3,(H,37,38,39). The number of fused-ring (bicyclic) bond motifs is 1. The summed E-state index contributed by atoms with van der Waals surface area (Å²) >= 11 is 0. The molecule has 1 unspecified atom stereocenters. The molecule has 1 aliphatic carbocycles. The van der Waals surface area contributed by atoms with Crippen molar-refractivity contribution >= 4 is 22.7 Å². The van der Waals surface area contributed by atoms with Crippen LogP contribution in [-0.2, 0) is 12.7 Å². The summed E-state index contributed by atoms with van der Waals surface area (Å²) in [6.45, 7) is 1.88. The molecule has 4 aromatic rings. The number of hydrogen-bond acceptors (Lipinski definition) is 7. The topological polar surface area (TPSA) is 91.9 Å². The van der Waals surface area contributed by atoms with Crippen LogP contribution < -0.4 is 15.0 Å². The van der Waals surface area contributed by atoms with E-state index >= 15 is 0 Å². The van der Waals surface area contributed by atoms with E-state index in [4.69, 9.17) is 0 Å². The largest absolute Gasteiger partial charge is 0.573 e. The Hall–Kier alpha value is -4.54. The van der Waals surface area contributed by atoms with Gasteiger partial charge in [0.2, 0.25) is 5.82 Å². The SMILES string of the molecule is CC(Nc1nc(C#N)nc2nc(-c3cc(N(C)C)ccc3OC(F)(F)F)n(Cc3ccc(C(F)(F)F)cc3)c12)C1CCC1. The van der Waals surface area contributed by atoms with E-state index in [0.29, 0.717) is 17.2 Å². The Morgan fingerprint density at radius 1 is 1.05 bits per heavy atom. The lowest BCUT2D eigenvalue weighted by Gasteiger charge is -2.32. The summed E-state index contributed by atoms with van der Waals surface area (Å²) in [5, 5.41) is 13.0. The van der Waals surface area contributed by atoms with Crippen molar-refractivity contribution in [3.63, 3.8) is 0 Å². The molecule has 226 valence electrons. The van der Waals surface area contributed by atoms with Gasteiger partial charge in [0, 0.05) is 32.4 Å². The van der Waals surface area contributed by atoms with Crippen molar-refractivity contribution in [3.8, 4) is 23.2 Å². The number of nitriles is 1. The predicted molar refractivity (Wildman–Crippen MR) is 147 cm³/mol. The third-order valence-corrected chi connectivity index (χ3v) is 7.49. The van der Waals surface area contributed by atoms with E-state index in [1.54, 1.807) is 19.0 Å². The van der Waals surface area contributed by atoms with Gasteiger partial charge in [-0.3, -0.25) is 0 Å². The number of alkyl halides is 6. The van der Waals surface area contributed by atoms with Gasteiger partial charge in [-0.1, -0.05) is 18.6 Å². The zero-order valence-electron chi connectivity index (χ0n) is 23.4. The molecule has 1 fully saturated rings. The summed E-state index contributed by atoms with van der Waals surface area (Å²) in [4.78, 5) is 14.8. The van der Waals surface area contributed by atoms with Crippen molar-refractivity contribution in [1.29, 1.82) is 5.26 Å². The Kier molecular flexibility index (Phi) is 7.85. The molecule has 0 amide bonds. The minimum atomic E-state index is -5.02. The van der Waals surface area contributed by atoms with Gasteiger partial charge in [-0.25, -0.2) is 4.98 Å². The fourth-order valence-electron chi connectivity index (χ4n) is 4.99. The van der Waals surface area contributed by atoms with E-state index < -0.39 is 23.9 Å². The molecule has 0 radical (unpaired) electrons. The maximum Gasteiger partial charge on any atom is 0.573 e. The molecule has 1 N–H and O–H groups in total. The number of ether oxygens (including phenoxy) is 1. The number of anilines is 2. The number of rotatable bonds is 8. The lowest BCUT2D eigenvalue weighted by atomic mass is 9.80. The van der Waals surface area contributed by atoms with Crippen LogP contribution in [-0.4, -0.2) is 46.0 Å². The van der Waals surface area contributed by atoms with Crippen LogP contribution in [0.3, 0.4) is 0 Å². The quantitative estimate of drug-likeness (QED) is 0.217. The highest BCUT2D eigenvalue weighted by Crippen LogP contribution is 2.40. The van der Waals surface area contributed by atoms with Crippen molar-refractivity contribution in [3.05, 3.63) is 59.4 Å². The van der Waals surface area contributed by atoms with Crippen LogP contribution >= 0.6 is 0 Å². The number of imidazole rings is 1. The van der Waals surface area contributed by atoms with E-state index in [9.17, 15) is 31.6 Å². The minimum Gasteiger partial charge on any atom is -0.405 e. The summed E-state index contributed by atoms with van der Waals surface area (Å²) in [6, 6.07) is 10.4. The van der Waals surface area contributed by atoms with Crippen LogP contribution in [0.2, 0.25) is 0 Å². The molecule has 43 heavy (non-hydrogen) atoms. The molecule has 1 saturated carbocycles. The third kappa shape index (κ3) is 6.45. The number of nitrogens with one attached hydrogen (secondary N) is 1. The van der Waals surface area contributed by atoms with Crippen molar-refractivity contribution in [1.82, 2.24) is 19.5 Å². The minimum absolute atomic E-state index is 0.00147.